The third-order valence-electron chi connectivity index (χ3n) is 16.3. The molecule has 0 bridgehead atoms. The van der Waals surface area contributed by atoms with Gasteiger partial charge in [0, 0.05) is 97.3 Å². The fraction of sp³-hybridized carbons (Fsp3) is 0.314. The van der Waals surface area contributed by atoms with Crippen molar-refractivity contribution in [2.75, 3.05) is 33.1 Å². The Morgan fingerprint density at radius 3 is 1.45 bits per heavy atom. The number of nitrogens with zero attached hydrogens (tertiary/aromatic N) is 5. The molecule has 0 aliphatic carbocycles. The summed E-state index contributed by atoms with van der Waals surface area (Å²) in [4.78, 5) is 80.8. The molecule has 10 rings (SSSR count). The van der Waals surface area contributed by atoms with Crippen LogP contribution in [0.15, 0.2) is 138 Å². The second-order valence-electron chi connectivity index (χ2n) is 22.5. The van der Waals surface area contributed by atoms with Crippen LogP contribution in [0.2, 0.25) is 0 Å². The van der Waals surface area contributed by atoms with Gasteiger partial charge in [0.1, 0.15) is 0 Å². The van der Waals surface area contributed by atoms with Crippen molar-refractivity contribution in [1.82, 2.24) is 0 Å². The minimum absolute atomic E-state index is 0.0201. The van der Waals surface area contributed by atoms with Crippen LogP contribution in [0.1, 0.15) is 154 Å². The molecule has 4 amide bonds. The van der Waals surface area contributed by atoms with E-state index in [2.05, 4.69) is 53.8 Å². The first-order chi connectivity index (χ1) is 40.7. The molecule has 8 aromatic rings. The molecule has 0 aromatic heterocycles. The summed E-state index contributed by atoms with van der Waals surface area (Å²) < 4.78 is 0.879. The molecule has 8 aromatic carbocycles. The maximum absolute atomic E-state index is 14.0. The number of halogens is 1. The van der Waals surface area contributed by atoms with Gasteiger partial charge in [-0.2, -0.15) is 0 Å². The number of unbranched alkanes of at least 4 members (excludes halogenated alkanes) is 2. The van der Waals surface area contributed by atoms with Crippen molar-refractivity contribution in [3.8, 4) is 0 Å². The molecule has 440 valence electrons. The summed E-state index contributed by atoms with van der Waals surface area (Å²) in [5.41, 5.74) is 11.7. The lowest BCUT2D eigenvalue weighted by Crippen LogP contribution is -2.41. The van der Waals surface area contributed by atoms with Crippen LogP contribution < -0.4 is 20.0 Å². The lowest BCUT2D eigenvalue weighted by atomic mass is 9.90. The number of imide groups is 2. The zero-order valence-electron chi connectivity index (χ0n) is 50.3. The molecular weight excluding hydrogens is 1130 g/mol. The Balaban J connectivity index is 0.000000185. The Bertz CT molecular complexity index is 3800. The first-order valence-electron chi connectivity index (χ1n) is 29.4. The third-order valence-corrected chi connectivity index (χ3v) is 17.0. The van der Waals surface area contributed by atoms with Crippen molar-refractivity contribution in [3.05, 3.63) is 214 Å². The number of anilines is 5. The highest BCUT2D eigenvalue weighted by Crippen LogP contribution is 2.43. The van der Waals surface area contributed by atoms with E-state index < -0.39 is 0 Å². The van der Waals surface area contributed by atoms with Crippen molar-refractivity contribution in [2.24, 2.45) is 11.8 Å². The number of nitro groups is 2. The first-order valence-corrected chi connectivity index (χ1v) is 30.2. The van der Waals surface area contributed by atoms with Gasteiger partial charge in [-0.1, -0.05) is 154 Å². The van der Waals surface area contributed by atoms with Crippen molar-refractivity contribution >= 4 is 101 Å². The summed E-state index contributed by atoms with van der Waals surface area (Å²) in [6.45, 7) is 22.0. The molecule has 0 radical (unpaired) electrons. The number of nitrogens with one attached hydrogen (secondary N) is 1. The van der Waals surface area contributed by atoms with E-state index in [4.69, 9.17) is 0 Å². The Labute approximate surface area is 506 Å². The average Bonchev–Trinajstić information content (AvgIpc) is 0.879. The SMILES string of the molecule is CCCCC(CC)CN(c1cccc([N+](=O)[O-])c1)c1ccc2c3c(cccc13)C(=O)N(c1c(C)cc(C)cc1C)C2=O.CCCCC(CC)CNc1cccc([N+](=O)[O-])c1.Cc1cc(C)c(N2C(=O)c3cccc4c(Br)ccc(c34)C2=O)c(C)c1. The van der Waals surface area contributed by atoms with E-state index >= 15 is 0 Å². The number of nitro benzene ring substituents is 2. The number of non-ortho nitro benzene ring substituents is 2. The minimum atomic E-state index is -0.380. The van der Waals surface area contributed by atoms with Gasteiger partial charge < -0.3 is 10.2 Å². The second-order valence-corrected chi connectivity index (χ2v) is 23.3. The highest BCUT2D eigenvalue weighted by atomic mass is 79.9. The summed E-state index contributed by atoms with van der Waals surface area (Å²) in [6, 6.07) is 39.9. The summed E-state index contributed by atoms with van der Waals surface area (Å²) in [6.07, 6.45) is 9.02. The van der Waals surface area contributed by atoms with Gasteiger partial charge in [-0.25, -0.2) is 9.80 Å². The highest BCUT2D eigenvalue weighted by Gasteiger charge is 2.38. The van der Waals surface area contributed by atoms with Crippen LogP contribution in [0, 0.1) is 73.6 Å². The molecule has 1 N–H and O–H groups in total. The molecule has 2 atom stereocenters. The number of hydrogen-bond acceptors (Lipinski definition) is 10. The van der Waals surface area contributed by atoms with Crippen molar-refractivity contribution in [2.45, 2.75) is 121 Å². The van der Waals surface area contributed by atoms with Crippen molar-refractivity contribution < 1.29 is 29.0 Å². The van der Waals surface area contributed by atoms with Gasteiger partial charge in [-0.15, -0.1) is 0 Å². The van der Waals surface area contributed by atoms with Crippen LogP contribution in [0.5, 0.6) is 0 Å². The van der Waals surface area contributed by atoms with Gasteiger partial charge in [0.15, 0.2) is 0 Å². The van der Waals surface area contributed by atoms with Crippen LogP contribution in [0.3, 0.4) is 0 Å². The highest BCUT2D eigenvalue weighted by molar-refractivity contribution is 9.10. The minimum Gasteiger partial charge on any atom is -0.385 e. The van der Waals surface area contributed by atoms with E-state index in [0.717, 1.165) is 104 Å². The zero-order chi connectivity index (χ0) is 61.4. The fourth-order valence-electron chi connectivity index (χ4n) is 12.1. The van der Waals surface area contributed by atoms with Gasteiger partial charge in [0.05, 0.1) is 21.2 Å². The predicted molar refractivity (Wildman–Crippen MR) is 347 cm³/mol. The third kappa shape index (κ3) is 13.4. The molecule has 2 aliphatic rings. The normalized spacial score (nSPS) is 13.3. The van der Waals surface area contributed by atoms with Gasteiger partial charge in [-0.3, -0.25) is 39.4 Å². The smallest absolute Gasteiger partial charge is 0.271 e. The molecule has 0 fully saturated rings. The lowest BCUT2D eigenvalue weighted by Gasteiger charge is -2.33. The Morgan fingerprint density at radius 2 is 0.953 bits per heavy atom. The number of benzene rings is 8. The van der Waals surface area contributed by atoms with Crippen LogP contribution in [-0.2, 0) is 0 Å². The number of carbonyl (C=O) groups excluding carboxylic acids is 4. The molecule has 2 heterocycles. The maximum Gasteiger partial charge on any atom is 0.271 e. The molecule has 2 unspecified atom stereocenters. The summed E-state index contributed by atoms with van der Waals surface area (Å²) in [5.74, 6) is -0.221. The fourth-order valence-corrected chi connectivity index (χ4v) is 12.5. The van der Waals surface area contributed by atoms with Crippen molar-refractivity contribution in [3.63, 3.8) is 0 Å². The molecule has 2 aliphatic heterocycles. The largest absolute Gasteiger partial charge is 0.385 e. The summed E-state index contributed by atoms with van der Waals surface area (Å²) in [5, 5.41) is 28.7. The quantitative estimate of drug-likeness (QED) is 0.0466. The molecule has 0 saturated heterocycles. The first kappa shape index (κ1) is 62.5. The molecular formula is C70H75BrN6O8. The van der Waals surface area contributed by atoms with E-state index in [-0.39, 0.29) is 44.9 Å². The maximum atomic E-state index is 14.0. The van der Waals surface area contributed by atoms with Crippen LogP contribution in [-0.4, -0.2) is 46.6 Å². The number of hydrogen-bond donors (Lipinski definition) is 1. The van der Waals surface area contributed by atoms with Gasteiger partial charge >= 0.3 is 0 Å². The van der Waals surface area contributed by atoms with E-state index in [1.807, 2.05) is 114 Å². The Morgan fingerprint density at radius 1 is 0.518 bits per heavy atom. The molecule has 0 spiro atoms. The Hall–Kier alpha value is -8.56. The number of amides is 4. The zero-order valence-corrected chi connectivity index (χ0v) is 51.9. The molecule has 85 heavy (non-hydrogen) atoms. The molecule has 15 heteroatoms. The van der Waals surface area contributed by atoms with Gasteiger partial charge in [0.2, 0.25) is 0 Å². The lowest BCUT2D eigenvalue weighted by molar-refractivity contribution is -0.385. The topological polar surface area (TPSA) is 176 Å². The molecule has 14 nitrogen and oxygen atoms in total. The average molecular weight is 1210 g/mol. The monoisotopic (exact) mass is 1210 g/mol. The number of aryl methyl sites for hydroxylation is 6. The summed E-state index contributed by atoms with van der Waals surface area (Å²) >= 11 is 3.51. The molecule has 0 saturated carbocycles. The van der Waals surface area contributed by atoms with Gasteiger partial charge in [0.25, 0.3) is 35.0 Å². The van der Waals surface area contributed by atoms with Crippen LogP contribution in [0.4, 0.5) is 39.8 Å². The van der Waals surface area contributed by atoms with E-state index in [9.17, 15) is 39.4 Å². The van der Waals surface area contributed by atoms with Crippen LogP contribution in [0.25, 0.3) is 21.5 Å². The Kier molecular flexibility index (Phi) is 20.2. The predicted octanol–water partition coefficient (Wildman–Crippen LogP) is 18.4. The summed E-state index contributed by atoms with van der Waals surface area (Å²) in [7, 11) is 0. The second kappa shape index (κ2) is 27.4. The number of rotatable bonds is 19. The standard InChI is InChI=1S/C35H37N3O4.C21H16BrNO2.C14H22N2O2/c1-6-8-11-25(7-2)21-36(26-12-9-13-27(20-26)38(41)42)31-17-16-30-32-28(31)14-10-15-29(32)34(39)37(35(30)40)33-23(4)18-22(3)19-24(33)5;1-11-9-12(2)19(13(3)10-11)23-20(24)15-6-4-5-14-17(22)8-7-16(18(14)15)21(23)25;1-3-5-7-12(4-2)11-15-13-8-6-9-14(10-13)16(17)18/h9-10,12-20,25H,6-8,11,21H2,1-5H3;4-10H,1-3H3;6,8-10,12,15H,3-5,7,11H2,1-2H3. The van der Waals surface area contributed by atoms with E-state index in [1.54, 1.807) is 48.5 Å². The van der Waals surface area contributed by atoms with E-state index in [1.165, 1.54) is 41.2 Å². The van der Waals surface area contributed by atoms with E-state index in [0.29, 0.717) is 63.1 Å². The number of carbonyl (C=O) groups is 4. The van der Waals surface area contributed by atoms with Gasteiger partial charge in [-0.05, 0) is 142 Å². The van der Waals surface area contributed by atoms with Crippen LogP contribution >= 0.6 is 15.9 Å². The van der Waals surface area contributed by atoms with Crippen molar-refractivity contribution in [1.29, 1.82) is 0 Å².